The second-order valence-corrected chi connectivity index (χ2v) is 3.81. The summed E-state index contributed by atoms with van der Waals surface area (Å²) in [4.78, 5) is 43.8. The second-order valence-electron chi connectivity index (χ2n) is 3.81. The summed E-state index contributed by atoms with van der Waals surface area (Å²) in [5.41, 5.74) is 0.0159. The van der Waals surface area contributed by atoms with E-state index in [0.29, 0.717) is 0 Å². The first kappa shape index (κ1) is 12.0. The number of rotatable bonds is 3. The van der Waals surface area contributed by atoms with Gasteiger partial charge in [-0.1, -0.05) is 0 Å². The summed E-state index contributed by atoms with van der Waals surface area (Å²) in [6.45, 7) is -0.168. The highest BCUT2D eigenvalue weighted by molar-refractivity contribution is 6.02. The molecule has 18 heavy (non-hydrogen) atoms. The van der Waals surface area contributed by atoms with Crippen LogP contribution >= 0.6 is 0 Å². The number of carboxylic acids is 1. The highest BCUT2D eigenvalue weighted by Gasteiger charge is 2.34. The summed E-state index contributed by atoms with van der Waals surface area (Å²) in [5, 5.41) is 8.94. The van der Waals surface area contributed by atoms with Crippen LogP contribution in [-0.2, 0) is 11.3 Å². The average Bonchev–Trinajstić information content (AvgIpc) is 2.56. The van der Waals surface area contributed by atoms with Crippen molar-refractivity contribution < 1.29 is 19.5 Å². The largest absolute Gasteiger partial charge is 0.478 e. The summed E-state index contributed by atoms with van der Waals surface area (Å²) >= 11 is 0. The summed E-state index contributed by atoms with van der Waals surface area (Å²) < 4.78 is 0. The molecular weight excluding hydrogens is 240 g/mol. The standard InChI is InChI=1S/C10H10N4O4/c1-13-4-8(15)14(10(13)18)3-7-6(9(16)17)2-11-5-12-7/h2,5H,3-4H2,1H3,(H,16,17). The number of aromatic carboxylic acids is 1. The number of carbonyl (C=O) groups is 3. The van der Waals surface area contributed by atoms with Crippen molar-refractivity contribution in [3.05, 3.63) is 23.8 Å². The smallest absolute Gasteiger partial charge is 0.339 e. The fourth-order valence-corrected chi connectivity index (χ4v) is 1.63. The first-order valence-electron chi connectivity index (χ1n) is 5.08. The first-order valence-corrected chi connectivity index (χ1v) is 5.08. The van der Waals surface area contributed by atoms with Crippen LogP contribution in [0.1, 0.15) is 16.1 Å². The minimum Gasteiger partial charge on any atom is -0.478 e. The van der Waals surface area contributed by atoms with Gasteiger partial charge in [-0.25, -0.2) is 19.6 Å². The van der Waals surface area contributed by atoms with Gasteiger partial charge in [-0.3, -0.25) is 9.69 Å². The van der Waals surface area contributed by atoms with Crippen molar-refractivity contribution >= 4 is 17.9 Å². The summed E-state index contributed by atoms with van der Waals surface area (Å²) in [6.07, 6.45) is 2.32. The number of likely N-dealkylation sites (N-methyl/N-ethyl adjacent to an activating group) is 1. The van der Waals surface area contributed by atoms with Gasteiger partial charge in [0.05, 0.1) is 12.2 Å². The van der Waals surface area contributed by atoms with Crippen LogP contribution in [0.5, 0.6) is 0 Å². The fraction of sp³-hybridized carbons (Fsp3) is 0.300. The molecule has 94 valence electrons. The van der Waals surface area contributed by atoms with E-state index in [2.05, 4.69) is 9.97 Å². The molecule has 8 heteroatoms. The molecule has 0 atom stereocenters. The van der Waals surface area contributed by atoms with Gasteiger partial charge < -0.3 is 10.0 Å². The number of hydrogen-bond donors (Lipinski definition) is 1. The zero-order valence-electron chi connectivity index (χ0n) is 9.53. The molecule has 0 bridgehead atoms. The molecule has 1 saturated heterocycles. The molecule has 1 aliphatic heterocycles. The number of nitrogens with zero attached hydrogens (tertiary/aromatic N) is 4. The van der Waals surface area contributed by atoms with E-state index in [9.17, 15) is 14.4 Å². The molecule has 0 spiro atoms. The third kappa shape index (κ3) is 1.99. The number of urea groups is 1. The second kappa shape index (κ2) is 4.40. The highest BCUT2D eigenvalue weighted by Crippen LogP contribution is 2.14. The van der Waals surface area contributed by atoms with Gasteiger partial charge in [0.15, 0.2) is 0 Å². The van der Waals surface area contributed by atoms with Gasteiger partial charge in [-0.2, -0.15) is 0 Å². The minimum atomic E-state index is -1.20. The van der Waals surface area contributed by atoms with Crippen LogP contribution in [0.15, 0.2) is 12.5 Å². The summed E-state index contributed by atoms with van der Waals surface area (Å²) in [6, 6.07) is -0.463. The SMILES string of the molecule is CN1CC(=O)N(Cc2ncncc2C(=O)O)C1=O. The van der Waals surface area contributed by atoms with Gasteiger partial charge in [-0.15, -0.1) is 0 Å². The van der Waals surface area contributed by atoms with Gasteiger partial charge in [-0.05, 0) is 0 Å². The van der Waals surface area contributed by atoms with Crippen LogP contribution in [0, 0.1) is 0 Å². The van der Waals surface area contributed by atoms with Crippen molar-refractivity contribution in [1.82, 2.24) is 19.8 Å². The molecular formula is C10H10N4O4. The van der Waals surface area contributed by atoms with Crippen molar-refractivity contribution in [1.29, 1.82) is 0 Å². The van der Waals surface area contributed by atoms with Gasteiger partial charge in [0.25, 0.3) is 5.91 Å². The predicted octanol–water partition coefficient (Wildman–Crippen LogP) is -0.431. The Kier molecular flexibility index (Phi) is 2.92. The molecule has 0 aromatic carbocycles. The molecule has 2 heterocycles. The average molecular weight is 250 g/mol. The molecule has 3 amide bonds. The fourth-order valence-electron chi connectivity index (χ4n) is 1.63. The zero-order valence-corrected chi connectivity index (χ0v) is 9.53. The van der Waals surface area contributed by atoms with Crippen molar-refractivity contribution in [2.75, 3.05) is 13.6 Å². The Balaban J connectivity index is 2.27. The zero-order chi connectivity index (χ0) is 13.3. The Bertz CT molecular complexity index is 530. The maximum Gasteiger partial charge on any atom is 0.339 e. The first-order chi connectivity index (χ1) is 8.50. The highest BCUT2D eigenvalue weighted by atomic mass is 16.4. The van der Waals surface area contributed by atoms with Crippen molar-refractivity contribution in [2.24, 2.45) is 0 Å². The Morgan fingerprint density at radius 2 is 2.22 bits per heavy atom. The lowest BCUT2D eigenvalue weighted by Gasteiger charge is -2.14. The number of hydrogen-bond acceptors (Lipinski definition) is 5. The number of aromatic nitrogens is 2. The van der Waals surface area contributed by atoms with E-state index in [0.717, 1.165) is 11.1 Å². The third-order valence-corrected chi connectivity index (χ3v) is 2.56. The molecule has 1 N–H and O–H groups in total. The number of amides is 3. The van der Waals surface area contributed by atoms with E-state index in [4.69, 9.17) is 5.11 Å². The Morgan fingerprint density at radius 1 is 1.50 bits per heavy atom. The predicted molar refractivity (Wildman–Crippen MR) is 57.6 cm³/mol. The molecule has 1 aromatic heterocycles. The summed E-state index contributed by atoms with van der Waals surface area (Å²) in [7, 11) is 1.50. The maximum absolute atomic E-state index is 11.6. The van der Waals surface area contributed by atoms with Crippen LogP contribution in [0.4, 0.5) is 4.79 Å². The molecule has 0 radical (unpaired) electrons. The number of carbonyl (C=O) groups excluding carboxylic acids is 2. The molecule has 0 aliphatic carbocycles. The molecule has 0 saturated carbocycles. The van der Waals surface area contributed by atoms with E-state index >= 15 is 0 Å². The van der Waals surface area contributed by atoms with Gasteiger partial charge >= 0.3 is 12.0 Å². The Labute approximate surface area is 102 Å². The van der Waals surface area contributed by atoms with Crippen LogP contribution in [-0.4, -0.2) is 56.4 Å². The lowest BCUT2D eigenvalue weighted by Crippen LogP contribution is -2.32. The van der Waals surface area contributed by atoms with E-state index in [1.807, 2.05) is 0 Å². The molecule has 1 aromatic rings. The van der Waals surface area contributed by atoms with Gasteiger partial charge in [0, 0.05) is 13.2 Å². The monoisotopic (exact) mass is 250 g/mol. The lowest BCUT2D eigenvalue weighted by molar-refractivity contribution is -0.125. The van der Waals surface area contributed by atoms with Crippen LogP contribution in [0.3, 0.4) is 0 Å². The Morgan fingerprint density at radius 3 is 2.78 bits per heavy atom. The van der Waals surface area contributed by atoms with Crippen molar-refractivity contribution in [2.45, 2.75) is 6.54 Å². The topological polar surface area (TPSA) is 104 Å². The van der Waals surface area contributed by atoms with Gasteiger partial charge in [0.1, 0.15) is 18.4 Å². The van der Waals surface area contributed by atoms with E-state index in [1.54, 1.807) is 0 Å². The molecule has 2 rings (SSSR count). The van der Waals surface area contributed by atoms with Crippen LogP contribution < -0.4 is 0 Å². The molecule has 1 aliphatic rings. The van der Waals surface area contributed by atoms with Crippen molar-refractivity contribution in [3.63, 3.8) is 0 Å². The minimum absolute atomic E-state index is 0.00762. The molecule has 1 fully saturated rings. The van der Waals surface area contributed by atoms with Crippen LogP contribution in [0.25, 0.3) is 0 Å². The Hall–Kier alpha value is -2.51. The maximum atomic E-state index is 11.6. The van der Waals surface area contributed by atoms with E-state index < -0.39 is 12.0 Å². The van der Waals surface area contributed by atoms with E-state index in [-0.39, 0.29) is 30.3 Å². The van der Waals surface area contributed by atoms with Gasteiger partial charge in [0.2, 0.25) is 0 Å². The molecule has 0 unspecified atom stereocenters. The normalized spacial score (nSPS) is 15.4. The number of imide groups is 1. The third-order valence-electron chi connectivity index (χ3n) is 2.56. The van der Waals surface area contributed by atoms with Crippen LogP contribution in [0.2, 0.25) is 0 Å². The quantitative estimate of drug-likeness (QED) is 0.730. The van der Waals surface area contributed by atoms with E-state index in [1.165, 1.54) is 18.3 Å². The number of carboxylic acid groups (broad SMARTS) is 1. The lowest BCUT2D eigenvalue weighted by atomic mass is 10.2. The van der Waals surface area contributed by atoms with Crippen molar-refractivity contribution in [3.8, 4) is 0 Å². The molecule has 8 nitrogen and oxygen atoms in total. The summed E-state index contributed by atoms with van der Waals surface area (Å²) in [5.74, 6) is -1.57.